The lowest BCUT2D eigenvalue weighted by Gasteiger charge is -2.39. The van der Waals surface area contributed by atoms with Crippen molar-refractivity contribution in [1.82, 2.24) is 4.90 Å². The average molecular weight is 275 g/mol. The van der Waals surface area contributed by atoms with E-state index in [1.807, 2.05) is 4.90 Å². The second kappa shape index (κ2) is 6.07. The Bertz CT molecular complexity index is 485. The molecular weight excluding hydrogens is 254 g/mol. The number of hydrogen-bond acceptors (Lipinski definition) is 2. The molecule has 2 unspecified atom stereocenters. The van der Waals surface area contributed by atoms with Crippen molar-refractivity contribution < 1.29 is 14.7 Å². The van der Waals surface area contributed by atoms with Gasteiger partial charge in [0, 0.05) is 12.1 Å². The maximum absolute atomic E-state index is 12.4. The first kappa shape index (κ1) is 14.6. The molecule has 0 saturated carbocycles. The minimum atomic E-state index is -0.943. The Morgan fingerprint density at radius 2 is 1.70 bits per heavy atom. The lowest BCUT2D eigenvalue weighted by atomic mass is 9.96. The molecule has 0 bridgehead atoms. The van der Waals surface area contributed by atoms with Gasteiger partial charge < -0.3 is 10.0 Å². The summed E-state index contributed by atoms with van der Waals surface area (Å²) >= 11 is 0. The van der Waals surface area contributed by atoms with Gasteiger partial charge in [-0.25, -0.2) is 4.79 Å². The lowest BCUT2D eigenvalue weighted by Crippen LogP contribution is -2.48. The average Bonchev–Trinajstić information content (AvgIpc) is 2.39. The van der Waals surface area contributed by atoms with Gasteiger partial charge in [-0.15, -0.1) is 0 Å². The molecule has 0 aliphatic carbocycles. The molecule has 0 spiro atoms. The van der Waals surface area contributed by atoms with Crippen LogP contribution in [-0.4, -0.2) is 34.0 Å². The fourth-order valence-electron chi connectivity index (χ4n) is 2.94. The Morgan fingerprint density at radius 3 is 2.20 bits per heavy atom. The molecular formula is C16H21NO3. The molecule has 1 fully saturated rings. The number of hydrogen-bond donors (Lipinski definition) is 1. The molecule has 1 aliphatic rings. The molecule has 1 aromatic rings. The molecule has 4 heteroatoms. The van der Waals surface area contributed by atoms with E-state index >= 15 is 0 Å². The first-order valence-corrected chi connectivity index (χ1v) is 7.12. The predicted molar refractivity (Wildman–Crippen MR) is 76.7 cm³/mol. The zero-order valence-electron chi connectivity index (χ0n) is 12.0. The molecule has 4 nitrogen and oxygen atoms in total. The summed E-state index contributed by atoms with van der Waals surface area (Å²) in [4.78, 5) is 25.2. The zero-order chi connectivity index (χ0) is 14.7. The van der Waals surface area contributed by atoms with Gasteiger partial charge in [0.15, 0.2) is 0 Å². The number of carboxylic acid groups (broad SMARTS) is 1. The third kappa shape index (κ3) is 3.18. The Balaban J connectivity index is 2.05. The molecule has 1 saturated heterocycles. The van der Waals surface area contributed by atoms with Crippen molar-refractivity contribution in [2.75, 3.05) is 0 Å². The first-order valence-electron chi connectivity index (χ1n) is 7.12. The molecule has 0 aromatic heterocycles. The smallest absolute Gasteiger partial charge is 0.335 e. The summed E-state index contributed by atoms with van der Waals surface area (Å²) in [5.74, 6) is -0.811. The van der Waals surface area contributed by atoms with Crippen LogP contribution in [0.1, 0.15) is 49.0 Å². The summed E-state index contributed by atoms with van der Waals surface area (Å²) < 4.78 is 0. The molecule has 1 aliphatic heterocycles. The van der Waals surface area contributed by atoms with Crippen LogP contribution in [0.2, 0.25) is 0 Å². The van der Waals surface area contributed by atoms with Crippen LogP contribution in [0.25, 0.3) is 0 Å². The van der Waals surface area contributed by atoms with E-state index in [0.717, 1.165) is 18.4 Å². The third-order valence-corrected chi connectivity index (χ3v) is 4.04. The quantitative estimate of drug-likeness (QED) is 0.922. The molecule has 1 heterocycles. The van der Waals surface area contributed by atoms with Gasteiger partial charge in [-0.05, 0) is 50.8 Å². The van der Waals surface area contributed by atoms with Crippen LogP contribution in [-0.2, 0) is 11.2 Å². The standard InChI is InChI=1S/C16H21NO3/c1-11-4-3-5-12(2)17(11)15(18)10-13-6-8-14(9-7-13)16(19)20/h6-9,11-12H,3-5,10H2,1-2H3,(H,19,20). The van der Waals surface area contributed by atoms with E-state index in [4.69, 9.17) is 5.11 Å². The fourth-order valence-corrected chi connectivity index (χ4v) is 2.94. The highest BCUT2D eigenvalue weighted by atomic mass is 16.4. The Hall–Kier alpha value is -1.84. The van der Waals surface area contributed by atoms with Gasteiger partial charge in [-0.2, -0.15) is 0 Å². The summed E-state index contributed by atoms with van der Waals surface area (Å²) in [6.07, 6.45) is 3.65. The van der Waals surface area contributed by atoms with Crippen LogP contribution in [0.15, 0.2) is 24.3 Å². The van der Waals surface area contributed by atoms with Crippen molar-refractivity contribution in [2.45, 2.75) is 51.6 Å². The van der Waals surface area contributed by atoms with Crippen LogP contribution in [0, 0.1) is 0 Å². The number of carboxylic acids is 1. The Labute approximate surface area is 119 Å². The van der Waals surface area contributed by atoms with Crippen molar-refractivity contribution in [3.63, 3.8) is 0 Å². The third-order valence-electron chi connectivity index (χ3n) is 4.04. The molecule has 108 valence electrons. The van der Waals surface area contributed by atoms with E-state index in [-0.39, 0.29) is 11.5 Å². The van der Waals surface area contributed by atoms with Gasteiger partial charge in [-0.1, -0.05) is 12.1 Å². The Kier molecular flexibility index (Phi) is 4.42. The second-order valence-corrected chi connectivity index (χ2v) is 5.61. The van der Waals surface area contributed by atoms with Crippen molar-refractivity contribution in [3.05, 3.63) is 35.4 Å². The van der Waals surface area contributed by atoms with Gasteiger partial charge in [0.25, 0.3) is 0 Å². The minimum absolute atomic E-state index is 0.132. The number of amides is 1. The van der Waals surface area contributed by atoms with Gasteiger partial charge in [0.1, 0.15) is 0 Å². The highest BCUT2D eigenvalue weighted by Gasteiger charge is 2.28. The summed E-state index contributed by atoms with van der Waals surface area (Å²) in [6.45, 7) is 4.20. The van der Waals surface area contributed by atoms with Gasteiger partial charge >= 0.3 is 5.97 Å². The zero-order valence-corrected chi connectivity index (χ0v) is 12.0. The van der Waals surface area contributed by atoms with Crippen molar-refractivity contribution in [3.8, 4) is 0 Å². The Morgan fingerprint density at radius 1 is 1.15 bits per heavy atom. The molecule has 2 atom stereocenters. The molecule has 1 N–H and O–H groups in total. The van der Waals surface area contributed by atoms with Crippen LogP contribution in [0.5, 0.6) is 0 Å². The van der Waals surface area contributed by atoms with Gasteiger partial charge in [0.05, 0.1) is 12.0 Å². The summed E-state index contributed by atoms with van der Waals surface area (Å²) in [5, 5.41) is 8.86. The maximum atomic E-state index is 12.4. The first-order chi connectivity index (χ1) is 9.49. The highest BCUT2D eigenvalue weighted by Crippen LogP contribution is 2.23. The fraction of sp³-hybridized carbons (Fsp3) is 0.500. The lowest BCUT2D eigenvalue weighted by molar-refractivity contribution is -0.136. The van der Waals surface area contributed by atoms with Crippen molar-refractivity contribution in [2.24, 2.45) is 0 Å². The summed E-state index contributed by atoms with van der Waals surface area (Å²) in [5.41, 5.74) is 1.12. The molecule has 1 amide bonds. The van der Waals surface area contributed by atoms with Crippen molar-refractivity contribution >= 4 is 11.9 Å². The predicted octanol–water partition coefficient (Wildman–Crippen LogP) is 2.72. The number of piperidine rings is 1. The van der Waals surface area contributed by atoms with Crippen LogP contribution < -0.4 is 0 Å². The number of benzene rings is 1. The van der Waals surface area contributed by atoms with Crippen LogP contribution >= 0.6 is 0 Å². The van der Waals surface area contributed by atoms with Crippen LogP contribution in [0.3, 0.4) is 0 Å². The molecule has 2 rings (SSSR count). The topological polar surface area (TPSA) is 57.6 Å². The monoisotopic (exact) mass is 275 g/mol. The van der Waals surface area contributed by atoms with E-state index < -0.39 is 5.97 Å². The molecule has 1 aromatic carbocycles. The molecule has 20 heavy (non-hydrogen) atoms. The molecule has 0 radical (unpaired) electrons. The van der Waals surface area contributed by atoms with E-state index in [1.165, 1.54) is 6.42 Å². The normalized spacial score (nSPS) is 22.6. The van der Waals surface area contributed by atoms with E-state index in [0.29, 0.717) is 18.5 Å². The number of rotatable bonds is 3. The van der Waals surface area contributed by atoms with E-state index in [2.05, 4.69) is 13.8 Å². The number of carbonyl (C=O) groups excluding carboxylic acids is 1. The van der Waals surface area contributed by atoms with Crippen molar-refractivity contribution in [1.29, 1.82) is 0 Å². The van der Waals surface area contributed by atoms with Gasteiger partial charge in [-0.3, -0.25) is 4.79 Å². The van der Waals surface area contributed by atoms with E-state index in [9.17, 15) is 9.59 Å². The van der Waals surface area contributed by atoms with Gasteiger partial charge in [0.2, 0.25) is 5.91 Å². The number of carbonyl (C=O) groups is 2. The largest absolute Gasteiger partial charge is 0.478 e. The SMILES string of the molecule is CC1CCCC(C)N1C(=O)Cc1ccc(C(=O)O)cc1. The van der Waals surface area contributed by atoms with Crippen LogP contribution in [0.4, 0.5) is 0 Å². The van der Waals surface area contributed by atoms with E-state index in [1.54, 1.807) is 24.3 Å². The summed E-state index contributed by atoms with van der Waals surface area (Å²) in [6, 6.07) is 7.14. The summed E-state index contributed by atoms with van der Waals surface area (Å²) in [7, 11) is 0. The maximum Gasteiger partial charge on any atom is 0.335 e. The minimum Gasteiger partial charge on any atom is -0.478 e. The number of aromatic carboxylic acids is 1. The number of nitrogens with zero attached hydrogens (tertiary/aromatic N) is 1. The number of likely N-dealkylation sites (tertiary alicyclic amines) is 1. The second-order valence-electron chi connectivity index (χ2n) is 5.61. The highest BCUT2D eigenvalue weighted by molar-refractivity contribution is 5.87.